The van der Waals surface area contributed by atoms with E-state index in [1.165, 1.54) is 0 Å². The van der Waals surface area contributed by atoms with Gasteiger partial charge in [-0.2, -0.15) is 0 Å². The first-order chi connectivity index (χ1) is 8.37. The summed E-state index contributed by atoms with van der Waals surface area (Å²) < 4.78 is 0.996. The number of aliphatic hydroxyl groups is 1. The van der Waals surface area contributed by atoms with E-state index < -0.39 is 0 Å². The lowest BCUT2D eigenvalue weighted by molar-refractivity contribution is -0.117. The number of carbonyl (C=O) groups is 1. The molecule has 1 aliphatic rings. The summed E-state index contributed by atoms with van der Waals surface area (Å²) in [7, 11) is 0. The highest BCUT2D eigenvalue weighted by Crippen LogP contribution is 2.39. The highest BCUT2D eigenvalue weighted by Gasteiger charge is 2.46. The molecule has 1 unspecified atom stereocenters. The van der Waals surface area contributed by atoms with Crippen LogP contribution in [0.2, 0.25) is 0 Å². The second kappa shape index (κ2) is 4.67. The predicted molar refractivity (Wildman–Crippen MR) is 75.6 cm³/mol. The van der Waals surface area contributed by atoms with Crippen molar-refractivity contribution in [1.82, 2.24) is 0 Å². The molecule has 98 valence electrons. The molecule has 0 spiro atoms. The van der Waals surface area contributed by atoms with E-state index in [-0.39, 0.29) is 24.0 Å². The Bertz CT molecular complexity index is 485. The van der Waals surface area contributed by atoms with Crippen LogP contribution in [0.3, 0.4) is 0 Å². The van der Waals surface area contributed by atoms with Gasteiger partial charge in [0.1, 0.15) is 0 Å². The molecule has 0 aliphatic carbocycles. The van der Waals surface area contributed by atoms with Crippen molar-refractivity contribution in [2.75, 3.05) is 11.5 Å². The van der Waals surface area contributed by atoms with E-state index in [0.29, 0.717) is 6.42 Å². The number of aryl methyl sites for hydroxylation is 1. The summed E-state index contributed by atoms with van der Waals surface area (Å²) in [6, 6.07) is 5.92. The molecule has 1 aliphatic heterocycles. The number of halogens is 1. The molecule has 1 N–H and O–H groups in total. The Morgan fingerprint density at radius 3 is 2.67 bits per heavy atom. The van der Waals surface area contributed by atoms with Gasteiger partial charge in [0.15, 0.2) is 0 Å². The summed E-state index contributed by atoms with van der Waals surface area (Å²) >= 11 is 3.50. The molecule has 1 heterocycles. The van der Waals surface area contributed by atoms with E-state index >= 15 is 0 Å². The average Bonchev–Trinajstić information content (AvgIpc) is 2.52. The zero-order chi connectivity index (χ0) is 13.5. The zero-order valence-electron chi connectivity index (χ0n) is 10.9. The fourth-order valence-electron chi connectivity index (χ4n) is 2.54. The number of rotatable bonds is 2. The van der Waals surface area contributed by atoms with Crippen molar-refractivity contribution < 1.29 is 9.90 Å². The molecule has 0 bridgehead atoms. The van der Waals surface area contributed by atoms with Gasteiger partial charge in [0.2, 0.25) is 5.91 Å². The van der Waals surface area contributed by atoms with Crippen LogP contribution in [0.4, 0.5) is 5.69 Å². The summed E-state index contributed by atoms with van der Waals surface area (Å²) in [5.74, 6) is 0.0693. The van der Waals surface area contributed by atoms with Gasteiger partial charge in [0.25, 0.3) is 0 Å². The van der Waals surface area contributed by atoms with Crippen LogP contribution in [0.1, 0.15) is 25.8 Å². The minimum Gasteiger partial charge on any atom is -0.396 e. The lowest BCUT2D eigenvalue weighted by atomic mass is 9.89. The van der Waals surface area contributed by atoms with Gasteiger partial charge in [0, 0.05) is 34.6 Å². The Balaban J connectivity index is 2.43. The molecule has 1 fully saturated rings. The van der Waals surface area contributed by atoms with Crippen LogP contribution >= 0.6 is 15.9 Å². The summed E-state index contributed by atoms with van der Waals surface area (Å²) in [4.78, 5) is 14.0. The largest absolute Gasteiger partial charge is 0.396 e. The Labute approximate surface area is 116 Å². The van der Waals surface area contributed by atoms with E-state index in [0.717, 1.165) is 15.7 Å². The summed E-state index contributed by atoms with van der Waals surface area (Å²) in [5, 5.41) is 9.39. The SMILES string of the molecule is Cc1ccc(N2C(=O)CC(CO)C2(C)C)cc1Br. The molecular weight excluding hydrogens is 294 g/mol. The van der Waals surface area contributed by atoms with Crippen LogP contribution in [-0.2, 0) is 4.79 Å². The molecule has 1 amide bonds. The van der Waals surface area contributed by atoms with Gasteiger partial charge >= 0.3 is 0 Å². The van der Waals surface area contributed by atoms with E-state index in [1.54, 1.807) is 4.90 Å². The number of aliphatic hydroxyl groups excluding tert-OH is 1. The van der Waals surface area contributed by atoms with Crippen molar-refractivity contribution in [2.24, 2.45) is 5.92 Å². The summed E-state index contributed by atoms with van der Waals surface area (Å²) in [5.41, 5.74) is 1.68. The number of hydrogen-bond donors (Lipinski definition) is 1. The lowest BCUT2D eigenvalue weighted by Crippen LogP contribution is -2.45. The lowest BCUT2D eigenvalue weighted by Gasteiger charge is -2.35. The number of amides is 1. The highest BCUT2D eigenvalue weighted by molar-refractivity contribution is 9.10. The maximum Gasteiger partial charge on any atom is 0.227 e. The van der Waals surface area contributed by atoms with Crippen molar-refractivity contribution in [3.63, 3.8) is 0 Å². The van der Waals surface area contributed by atoms with Crippen molar-refractivity contribution in [3.05, 3.63) is 28.2 Å². The van der Waals surface area contributed by atoms with Crippen molar-refractivity contribution in [1.29, 1.82) is 0 Å². The second-order valence-corrected chi connectivity index (χ2v) is 6.25. The fraction of sp³-hybridized carbons (Fsp3) is 0.500. The van der Waals surface area contributed by atoms with Gasteiger partial charge in [-0.3, -0.25) is 4.79 Å². The smallest absolute Gasteiger partial charge is 0.227 e. The van der Waals surface area contributed by atoms with Crippen LogP contribution in [0, 0.1) is 12.8 Å². The third-order valence-electron chi connectivity index (χ3n) is 3.88. The number of nitrogens with zero attached hydrogens (tertiary/aromatic N) is 1. The molecular formula is C14H18BrNO2. The monoisotopic (exact) mass is 311 g/mol. The molecule has 2 rings (SSSR count). The highest BCUT2D eigenvalue weighted by atomic mass is 79.9. The molecule has 3 nitrogen and oxygen atoms in total. The number of anilines is 1. The zero-order valence-corrected chi connectivity index (χ0v) is 12.5. The van der Waals surface area contributed by atoms with Crippen LogP contribution in [0.25, 0.3) is 0 Å². The van der Waals surface area contributed by atoms with E-state index in [2.05, 4.69) is 15.9 Å². The minimum absolute atomic E-state index is 0.00919. The van der Waals surface area contributed by atoms with Crippen molar-refractivity contribution in [2.45, 2.75) is 32.7 Å². The molecule has 0 aromatic heterocycles. The standard InChI is InChI=1S/C14H18BrNO2/c1-9-4-5-11(7-12(9)15)16-13(18)6-10(8-17)14(16,2)3/h4-5,7,10,17H,6,8H2,1-3H3. The van der Waals surface area contributed by atoms with Gasteiger partial charge in [-0.1, -0.05) is 22.0 Å². The van der Waals surface area contributed by atoms with Gasteiger partial charge in [-0.05, 0) is 38.5 Å². The fourth-order valence-corrected chi connectivity index (χ4v) is 2.91. The number of carbonyl (C=O) groups excluding carboxylic acids is 1. The van der Waals surface area contributed by atoms with E-state index in [9.17, 15) is 9.90 Å². The molecule has 18 heavy (non-hydrogen) atoms. The normalized spacial score (nSPS) is 22.6. The summed E-state index contributed by atoms with van der Waals surface area (Å²) in [6.45, 7) is 6.07. The topological polar surface area (TPSA) is 40.5 Å². The molecule has 1 aromatic rings. The van der Waals surface area contributed by atoms with Crippen LogP contribution in [0.5, 0.6) is 0 Å². The van der Waals surface area contributed by atoms with Gasteiger partial charge in [-0.15, -0.1) is 0 Å². The van der Waals surface area contributed by atoms with Gasteiger partial charge < -0.3 is 10.0 Å². The van der Waals surface area contributed by atoms with Crippen molar-refractivity contribution in [3.8, 4) is 0 Å². The van der Waals surface area contributed by atoms with E-state index in [1.807, 2.05) is 39.0 Å². The number of benzene rings is 1. The third kappa shape index (κ3) is 2.08. The number of hydrogen-bond acceptors (Lipinski definition) is 2. The molecule has 0 saturated carbocycles. The van der Waals surface area contributed by atoms with Crippen molar-refractivity contribution >= 4 is 27.5 Å². The Kier molecular flexibility index (Phi) is 3.52. The van der Waals surface area contributed by atoms with Crippen LogP contribution in [0.15, 0.2) is 22.7 Å². The van der Waals surface area contributed by atoms with Gasteiger partial charge in [0.05, 0.1) is 0 Å². The first kappa shape index (κ1) is 13.6. The predicted octanol–water partition coefficient (Wildman–Crippen LogP) is 2.88. The molecule has 1 atom stereocenters. The molecule has 1 aromatic carbocycles. The minimum atomic E-state index is -0.347. The first-order valence-electron chi connectivity index (χ1n) is 6.08. The first-order valence-corrected chi connectivity index (χ1v) is 6.87. The molecule has 4 heteroatoms. The maximum atomic E-state index is 12.2. The maximum absolute atomic E-state index is 12.2. The second-order valence-electron chi connectivity index (χ2n) is 5.40. The molecule has 1 saturated heterocycles. The van der Waals surface area contributed by atoms with Crippen LogP contribution < -0.4 is 4.90 Å². The Morgan fingerprint density at radius 2 is 2.17 bits per heavy atom. The third-order valence-corrected chi connectivity index (χ3v) is 4.73. The van der Waals surface area contributed by atoms with Gasteiger partial charge in [-0.25, -0.2) is 0 Å². The average molecular weight is 312 g/mol. The van der Waals surface area contributed by atoms with Crippen LogP contribution in [-0.4, -0.2) is 23.2 Å². The quantitative estimate of drug-likeness (QED) is 0.912. The Hall–Kier alpha value is -0.870. The molecule has 0 radical (unpaired) electrons. The van der Waals surface area contributed by atoms with E-state index in [4.69, 9.17) is 0 Å². The summed E-state index contributed by atoms with van der Waals surface area (Å²) in [6.07, 6.45) is 0.412. The Morgan fingerprint density at radius 1 is 1.50 bits per heavy atom.